The third kappa shape index (κ3) is 2.93. The fourth-order valence-electron chi connectivity index (χ4n) is 1.92. The van der Waals surface area contributed by atoms with Crippen LogP contribution < -0.4 is 10.5 Å². The highest BCUT2D eigenvalue weighted by molar-refractivity contribution is 7.80. The molecule has 2 N–H and O–H groups in total. The zero-order valence-electron chi connectivity index (χ0n) is 11.5. The van der Waals surface area contributed by atoms with Gasteiger partial charge in [-0.25, -0.2) is 9.37 Å². The highest BCUT2D eigenvalue weighted by Crippen LogP contribution is 2.27. The quantitative estimate of drug-likeness (QED) is 0.878. The van der Waals surface area contributed by atoms with E-state index in [1.165, 1.54) is 6.07 Å². The van der Waals surface area contributed by atoms with E-state index in [9.17, 15) is 4.39 Å². The zero-order valence-corrected chi connectivity index (χ0v) is 12.3. The lowest BCUT2D eigenvalue weighted by Gasteiger charge is -2.13. The molecule has 0 amide bonds. The smallest absolute Gasteiger partial charge is 0.229 e. The van der Waals surface area contributed by atoms with Crippen LogP contribution in [0.1, 0.15) is 22.4 Å². The predicted molar refractivity (Wildman–Crippen MR) is 80.8 cm³/mol. The van der Waals surface area contributed by atoms with Gasteiger partial charge in [-0.3, -0.25) is 0 Å². The number of rotatable bonds is 3. The maximum atomic E-state index is 13.5. The van der Waals surface area contributed by atoms with Gasteiger partial charge in [-0.05, 0) is 44.0 Å². The summed E-state index contributed by atoms with van der Waals surface area (Å²) in [6.45, 7) is 5.42. The molecule has 0 atom stereocenters. The molecule has 0 aliphatic rings. The number of halogens is 1. The molecule has 3 nitrogen and oxygen atoms in total. The summed E-state index contributed by atoms with van der Waals surface area (Å²) in [4.78, 5) is 4.50. The van der Waals surface area contributed by atoms with Gasteiger partial charge in [0.1, 0.15) is 16.6 Å². The molecule has 2 rings (SSSR count). The minimum absolute atomic E-state index is 0.206. The Labute approximate surface area is 122 Å². The fourth-order valence-corrected chi connectivity index (χ4v) is 2.17. The van der Waals surface area contributed by atoms with Crippen LogP contribution in [0, 0.1) is 26.6 Å². The predicted octanol–water partition coefficient (Wildman–Crippen LogP) is 3.57. The van der Waals surface area contributed by atoms with Crippen LogP contribution in [0.5, 0.6) is 11.6 Å². The van der Waals surface area contributed by atoms with Crippen molar-refractivity contribution in [2.24, 2.45) is 5.73 Å². The van der Waals surface area contributed by atoms with Crippen LogP contribution in [-0.4, -0.2) is 9.97 Å². The van der Waals surface area contributed by atoms with E-state index in [2.05, 4.69) is 4.98 Å². The van der Waals surface area contributed by atoms with Gasteiger partial charge in [0.2, 0.25) is 5.88 Å². The van der Waals surface area contributed by atoms with Crippen LogP contribution in [0.4, 0.5) is 4.39 Å². The van der Waals surface area contributed by atoms with Crippen LogP contribution in [0.3, 0.4) is 0 Å². The summed E-state index contributed by atoms with van der Waals surface area (Å²) in [6, 6.07) is 6.52. The standard InChI is InChI=1S/C15H15FN2OS/c1-8-4-5-11(7-12(8)16)19-15-13(14(17)20)9(2)6-10(3)18-15/h4-7H,1-3H3,(H2,17,20). The average Bonchev–Trinajstić information content (AvgIpc) is 2.32. The number of aryl methyl sites for hydroxylation is 3. The first kappa shape index (κ1) is 14.4. The number of aromatic nitrogens is 1. The van der Waals surface area contributed by atoms with Gasteiger partial charge in [-0.1, -0.05) is 18.3 Å². The normalized spacial score (nSPS) is 10.4. The summed E-state index contributed by atoms with van der Waals surface area (Å²) in [5, 5.41) is 0. The molecule has 0 aliphatic carbocycles. The van der Waals surface area contributed by atoms with Gasteiger partial charge in [0, 0.05) is 11.8 Å². The van der Waals surface area contributed by atoms with Crippen LogP contribution >= 0.6 is 12.2 Å². The first-order valence-corrected chi connectivity index (χ1v) is 6.51. The van der Waals surface area contributed by atoms with Crippen molar-refractivity contribution < 1.29 is 9.13 Å². The number of nitrogens with zero attached hydrogens (tertiary/aromatic N) is 1. The van der Waals surface area contributed by atoms with Crippen LogP contribution in [0.25, 0.3) is 0 Å². The number of pyridine rings is 1. The number of benzene rings is 1. The highest BCUT2D eigenvalue weighted by Gasteiger charge is 2.14. The van der Waals surface area contributed by atoms with Gasteiger partial charge in [0.05, 0.1) is 5.56 Å². The third-order valence-electron chi connectivity index (χ3n) is 2.92. The molecule has 1 aromatic heterocycles. The Morgan fingerprint density at radius 2 is 1.90 bits per heavy atom. The Morgan fingerprint density at radius 3 is 2.50 bits per heavy atom. The summed E-state index contributed by atoms with van der Waals surface area (Å²) in [7, 11) is 0. The van der Waals surface area contributed by atoms with Crippen molar-refractivity contribution in [1.29, 1.82) is 0 Å². The Kier molecular flexibility index (Phi) is 3.99. The molecular weight excluding hydrogens is 275 g/mol. The zero-order chi connectivity index (χ0) is 14.9. The van der Waals surface area contributed by atoms with E-state index in [4.69, 9.17) is 22.7 Å². The second-order valence-electron chi connectivity index (χ2n) is 4.64. The van der Waals surface area contributed by atoms with Crippen molar-refractivity contribution in [1.82, 2.24) is 4.98 Å². The molecule has 0 fully saturated rings. The molecule has 1 aromatic carbocycles. The largest absolute Gasteiger partial charge is 0.438 e. The van der Waals surface area contributed by atoms with E-state index in [0.29, 0.717) is 22.8 Å². The minimum atomic E-state index is -0.330. The lowest BCUT2D eigenvalue weighted by atomic mass is 10.1. The van der Waals surface area contributed by atoms with Gasteiger partial charge in [0.25, 0.3) is 0 Å². The fraction of sp³-hybridized carbons (Fsp3) is 0.200. The second-order valence-corrected chi connectivity index (χ2v) is 5.08. The van der Waals surface area contributed by atoms with Crippen molar-refractivity contribution in [3.05, 3.63) is 52.5 Å². The third-order valence-corrected chi connectivity index (χ3v) is 3.12. The van der Waals surface area contributed by atoms with Gasteiger partial charge in [-0.15, -0.1) is 0 Å². The number of ether oxygens (including phenoxy) is 1. The number of nitrogens with two attached hydrogens (primary N) is 1. The highest BCUT2D eigenvalue weighted by atomic mass is 32.1. The number of thiocarbonyl (C=S) groups is 1. The molecule has 20 heavy (non-hydrogen) atoms. The molecule has 2 aromatic rings. The SMILES string of the molecule is Cc1cc(C)c(C(N)=S)c(Oc2ccc(C)c(F)c2)n1. The molecule has 1 heterocycles. The Morgan fingerprint density at radius 1 is 1.20 bits per heavy atom. The molecule has 0 radical (unpaired) electrons. The molecule has 0 bridgehead atoms. The molecule has 5 heteroatoms. The maximum Gasteiger partial charge on any atom is 0.229 e. The summed E-state index contributed by atoms with van der Waals surface area (Å²) in [5.41, 5.74) is 8.51. The van der Waals surface area contributed by atoms with Crippen molar-refractivity contribution in [2.75, 3.05) is 0 Å². The molecule has 0 aliphatic heterocycles. The second kappa shape index (κ2) is 5.54. The van der Waals surface area contributed by atoms with Gasteiger partial charge < -0.3 is 10.5 Å². The topological polar surface area (TPSA) is 48.1 Å². The van der Waals surface area contributed by atoms with E-state index in [0.717, 1.165) is 11.3 Å². The van der Waals surface area contributed by atoms with Crippen LogP contribution in [0.15, 0.2) is 24.3 Å². The first-order valence-electron chi connectivity index (χ1n) is 6.10. The molecule has 0 saturated carbocycles. The maximum absolute atomic E-state index is 13.5. The summed E-state index contributed by atoms with van der Waals surface area (Å²) < 4.78 is 19.2. The lowest BCUT2D eigenvalue weighted by molar-refractivity contribution is 0.455. The molecule has 0 unspecified atom stereocenters. The lowest BCUT2D eigenvalue weighted by Crippen LogP contribution is -2.14. The average molecular weight is 290 g/mol. The van der Waals surface area contributed by atoms with Crippen molar-refractivity contribution in [2.45, 2.75) is 20.8 Å². The van der Waals surface area contributed by atoms with Gasteiger partial charge >= 0.3 is 0 Å². The number of hydrogen-bond donors (Lipinski definition) is 1. The van der Waals surface area contributed by atoms with E-state index in [1.807, 2.05) is 19.9 Å². The number of hydrogen-bond acceptors (Lipinski definition) is 3. The van der Waals surface area contributed by atoms with E-state index < -0.39 is 0 Å². The van der Waals surface area contributed by atoms with E-state index >= 15 is 0 Å². The molecule has 0 saturated heterocycles. The van der Waals surface area contributed by atoms with Gasteiger partial charge in [-0.2, -0.15) is 0 Å². The van der Waals surface area contributed by atoms with Crippen molar-refractivity contribution in [3.63, 3.8) is 0 Å². The Balaban J connectivity index is 2.47. The molecule has 0 spiro atoms. The summed E-state index contributed by atoms with van der Waals surface area (Å²) >= 11 is 5.03. The molecule has 104 valence electrons. The Bertz CT molecular complexity index is 686. The minimum Gasteiger partial charge on any atom is -0.438 e. The van der Waals surface area contributed by atoms with E-state index in [1.54, 1.807) is 19.1 Å². The Hall–Kier alpha value is -2.01. The van der Waals surface area contributed by atoms with E-state index in [-0.39, 0.29) is 10.8 Å². The summed E-state index contributed by atoms with van der Waals surface area (Å²) in [5.74, 6) is 0.338. The summed E-state index contributed by atoms with van der Waals surface area (Å²) in [6.07, 6.45) is 0. The van der Waals surface area contributed by atoms with Crippen molar-refractivity contribution in [3.8, 4) is 11.6 Å². The van der Waals surface area contributed by atoms with Crippen LogP contribution in [0.2, 0.25) is 0 Å². The van der Waals surface area contributed by atoms with Crippen molar-refractivity contribution >= 4 is 17.2 Å². The first-order chi connectivity index (χ1) is 9.38. The van der Waals surface area contributed by atoms with Crippen LogP contribution in [-0.2, 0) is 0 Å². The monoisotopic (exact) mass is 290 g/mol. The molecular formula is C15H15FN2OS. The van der Waals surface area contributed by atoms with Gasteiger partial charge in [0.15, 0.2) is 0 Å².